The molecule has 4 nitrogen and oxygen atoms in total. The highest BCUT2D eigenvalue weighted by atomic mass is 16.7. The van der Waals surface area contributed by atoms with E-state index in [9.17, 15) is 4.79 Å². The van der Waals surface area contributed by atoms with Gasteiger partial charge in [-0.3, -0.25) is 0 Å². The fourth-order valence-electron chi connectivity index (χ4n) is 1.48. The predicted octanol–water partition coefficient (Wildman–Crippen LogP) is 0.939. The smallest absolute Gasteiger partial charge is 0.432 e. The molecule has 0 spiro atoms. The first kappa shape index (κ1) is 11.4. The van der Waals surface area contributed by atoms with Crippen LogP contribution >= 0.6 is 0 Å². The van der Waals surface area contributed by atoms with Crippen LogP contribution in [0.3, 0.4) is 0 Å². The Hall–Kier alpha value is -1.07. The highest BCUT2D eigenvalue weighted by molar-refractivity contribution is 6.61. The Morgan fingerprint density at radius 1 is 1.06 bits per heavy atom. The van der Waals surface area contributed by atoms with Crippen LogP contribution in [0.5, 0.6) is 0 Å². The second kappa shape index (κ2) is 3.47. The van der Waals surface area contributed by atoms with E-state index in [0.29, 0.717) is 0 Å². The zero-order valence-electron chi connectivity index (χ0n) is 9.94. The fourth-order valence-corrected chi connectivity index (χ4v) is 1.48. The average molecular weight is 222 g/mol. The minimum absolute atomic E-state index is 0.375. The second-order valence-corrected chi connectivity index (χ2v) is 4.98. The second-order valence-electron chi connectivity index (χ2n) is 4.98. The van der Waals surface area contributed by atoms with Gasteiger partial charge in [-0.1, -0.05) is 6.07 Å². The van der Waals surface area contributed by atoms with Crippen molar-refractivity contribution >= 4 is 12.6 Å². The van der Waals surface area contributed by atoms with Crippen molar-refractivity contribution in [1.29, 1.82) is 0 Å². The van der Waals surface area contributed by atoms with Gasteiger partial charge < -0.3 is 13.7 Å². The molecule has 0 saturated carbocycles. The summed E-state index contributed by atoms with van der Waals surface area (Å²) in [7, 11) is -0.477. The van der Waals surface area contributed by atoms with Gasteiger partial charge in [-0.25, -0.2) is 4.79 Å². The molecular weight excluding hydrogens is 207 g/mol. The Labute approximate surface area is 94.7 Å². The minimum atomic E-state index is -0.477. The summed E-state index contributed by atoms with van der Waals surface area (Å²) >= 11 is 0. The van der Waals surface area contributed by atoms with Crippen LogP contribution in [0.4, 0.5) is 0 Å². The number of rotatable bonds is 1. The molecular formula is C11H15BO4. The fraction of sp³-hybridized carbons (Fsp3) is 0.545. The monoisotopic (exact) mass is 222 g/mol. The normalized spacial score (nSPS) is 22.4. The van der Waals surface area contributed by atoms with Crippen LogP contribution in [0.25, 0.3) is 0 Å². The first-order valence-corrected chi connectivity index (χ1v) is 5.26. The lowest BCUT2D eigenvalue weighted by atomic mass is 9.81. The molecule has 0 aromatic carbocycles. The first-order chi connectivity index (χ1) is 7.32. The SMILES string of the molecule is CC1(C)OB(c2ccc(=O)oc2)OC1(C)C. The standard InChI is InChI=1S/C11H15BO4/c1-10(2)11(3,4)16-12(15-10)8-5-6-9(13)14-7-8/h5-7H,1-4H3. The van der Waals surface area contributed by atoms with Crippen molar-refractivity contribution < 1.29 is 13.7 Å². The maximum atomic E-state index is 10.8. The Morgan fingerprint density at radius 3 is 2.06 bits per heavy atom. The van der Waals surface area contributed by atoms with Gasteiger partial charge >= 0.3 is 12.7 Å². The van der Waals surface area contributed by atoms with Gasteiger partial charge in [0.2, 0.25) is 0 Å². The Morgan fingerprint density at radius 2 is 1.62 bits per heavy atom. The highest BCUT2D eigenvalue weighted by Crippen LogP contribution is 2.36. The average Bonchev–Trinajstić information content (AvgIpc) is 2.37. The van der Waals surface area contributed by atoms with Gasteiger partial charge in [0.25, 0.3) is 0 Å². The molecule has 0 bridgehead atoms. The summed E-state index contributed by atoms with van der Waals surface area (Å²) in [4.78, 5) is 10.8. The number of hydrogen-bond donors (Lipinski definition) is 0. The van der Waals surface area contributed by atoms with Crippen molar-refractivity contribution in [3.05, 3.63) is 28.8 Å². The van der Waals surface area contributed by atoms with E-state index in [-0.39, 0.29) is 16.8 Å². The topological polar surface area (TPSA) is 48.7 Å². The molecule has 2 heterocycles. The van der Waals surface area contributed by atoms with Gasteiger partial charge in [0.05, 0.1) is 17.5 Å². The van der Waals surface area contributed by atoms with Crippen LogP contribution in [0.2, 0.25) is 0 Å². The molecule has 1 fully saturated rings. The molecule has 1 saturated heterocycles. The molecule has 1 aliphatic rings. The van der Waals surface area contributed by atoms with Crippen LogP contribution in [-0.2, 0) is 9.31 Å². The van der Waals surface area contributed by atoms with Gasteiger partial charge in [-0.2, -0.15) is 0 Å². The van der Waals surface area contributed by atoms with E-state index in [1.807, 2.05) is 27.7 Å². The molecule has 0 radical (unpaired) electrons. The van der Waals surface area contributed by atoms with E-state index in [1.54, 1.807) is 6.07 Å². The third-order valence-corrected chi connectivity index (χ3v) is 3.25. The lowest BCUT2D eigenvalue weighted by Crippen LogP contribution is -2.41. The van der Waals surface area contributed by atoms with Crippen LogP contribution < -0.4 is 11.1 Å². The molecule has 2 rings (SSSR count). The molecule has 1 aliphatic heterocycles. The molecule has 0 unspecified atom stereocenters. The molecule has 1 aromatic heterocycles. The summed E-state index contributed by atoms with van der Waals surface area (Å²) in [6, 6.07) is 3.02. The summed E-state index contributed by atoms with van der Waals surface area (Å²) < 4.78 is 16.4. The first-order valence-electron chi connectivity index (χ1n) is 5.26. The quantitative estimate of drug-likeness (QED) is 0.663. The summed E-state index contributed by atoms with van der Waals surface area (Å²) in [6.07, 6.45) is 1.38. The predicted molar refractivity (Wildman–Crippen MR) is 60.7 cm³/mol. The van der Waals surface area contributed by atoms with Crippen molar-refractivity contribution in [2.45, 2.75) is 38.9 Å². The highest BCUT2D eigenvalue weighted by Gasteiger charge is 2.51. The van der Waals surface area contributed by atoms with Crippen LogP contribution in [-0.4, -0.2) is 18.3 Å². The molecule has 5 heteroatoms. The van der Waals surface area contributed by atoms with Gasteiger partial charge in [-0.15, -0.1) is 0 Å². The Balaban J connectivity index is 2.27. The largest absolute Gasteiger partial charge is 0.498 e. The van der Waals surface area contributed by atoms with Gasteiger partial charge in [0, 0.05) is 11.5 Å². The van der Waals surface area contributed by atoms with Crippen molar-refractivity contribution in [2.24, 2.45) is 0 Å². The maximum Gasteiger partial charge on any atom is 0.498 e. The van der Waals surface area contributed by atoms with E-state index in [4.69, 9.17) is 13.7 Å². The zero-order chi connectivity index (χ0) is 12.0. The van der Waals surface area contributed by atoms with Crippen LogP contribution in [0.15, 0.2) is 27.6 Å². The molecule has 0 N–H and O–H groups in total. The molecule has 1 aromatic rings. The molecule has 86 valence electrons. The summed E-state index contributed by atoms with van der Waals surface area (Å²) in [5, 5.41) is 0. The zero-order valence-corrected chi connectivity index (χ0v) is 9.94. The third-order valence-electron chi connectivity index (χ3n) is 3.25. The van der Waals surface area contributed by atoms with E-state index in [0.717, 1.165) is 5.46 Å². The van der Waals surface area contributed by atoms with E-state index >= 15 is 0 Å². The maximum absolute atomic E-state index is 10.8. The van der Waals surface area contributed by atoms with Crippen LogP contribution in [0.1, 0.15) is 27.7 Å². The van der Waals surface area contributed by atoms with Crippen molar-refractivity contribution in [2.75, 3.05) is 0 Å². The Bertz CT molecular complexity index is 413. The van der Waals surface area contributed by atoms with Crippen molar-refractivity contribution in [3.63, 3.8) is 0 Å². The van der Waals surface area contributed by atoms with Crippen molar-refractivity contribution in [3.8, 4) is 0 Å². The molecule has 16 heavy (non-hydrogen) atoms. The lowest BCUT2D eigenvalue weighted by molar-refractivity contribution is 0.00578. The van der Waals surface area contributed by atoms with E-state index < -0.39 is 7.12 Å². The number of hydrogen-bond acceptors (Lipinski definition) is 4. The minimum Gasteiger partial charge on any atom is -0.432 e. The van der Waals surface area contributed by atoms with Gasteiger partial charge in [-0.05, 0) is 27.7 Å². The third kappa shape index (κ3) is 1.81. The van der Waals surface area contributed by atoms with Crippen LogP contribution in [0, 0.1) is 0 Å². The summed E-state index contributed by atoms with van der Waals surface area (Å²) in [6.45, 7) is 7.91. The van der Waals surface area contributed by atoms with Gasteiger partial charge in [0.15, 0.2) is 0 Å². The summed E-state index contributed by atoms with van der Waals surface area (Å²) in [5.41, 5.74) is -0.416. The van der Waals surface area contributed by atoms with E-state index in [2.05, 4.69) is 0 Å². The van der Waals surface area contributed by atoms with Crippen molar-refractivity contribution in [1.82, 2.24) is 0 Å². The lowest BCUT2D eigenvalue weighted by Gasteiger charge is -2.32. The van der Waals surface area contributed by atoms with E-state index in [1.165, 1.54) is 12.3 Å². The molecule has 0 aliphatic carbocycles. The Kier molecular flexibility index (Phi) is 2.47. The summed E-state index contributed by atoms with van der Waals surface area (Å²) in [5.74, 6) is 0. The molecule has 0 amide bonds. The molecule has 0 atom stereocenters. The van der Waals surface area contributed by atoms with Gasteiger partial charge in [0.1, 0.15) is 0 Å².